The molecule has 0 saturated carbocycles. The highest BCUT2D eigenvalue weighted by molar-refractivity contribution is 7.15. The Balaban J connectivity index is 1.50. The van der Waals surface area contributed by atoms with Crippen molar-refractivity contribution >= 4 is 22.5 Å². The van der Waals surface area contributed by atoms with Crippen LogP contribution in [-0.4, -0.2) is 46.9 Å². The van der Waals surface area contributed by atoms with Gasteiger partial charge in [-0.2, -0.15) is 0 Å². The Morgan fingerprint density at radius 3 is 3.00 bits per heavy atom. The lowest BCUT2D eigenvalue weighted by Gasteiger charge is -2.31. The van der Waals surface area contributed by atoms with Crippen molar-refractivity contribution in [2.75, 3.05) is 25.0 Å². The van der Waals surface area contributed by atoms with E-state index in [0.29, 0.717) is 11.7 Å². The second-order valence-electron chi connectivity index (χ2n) is 6.17. The number of benzene rings is 1. The Morgan fingerprint density at radius 1 is 1.40 bits per heavy atom. The molecule has 0 unspecified atom stereocenters. The second-order valence-corrected chi connectivity index (χ2v) is 7.35. The third kappa shape index (κ3) is 5.48. The van der Waals surface area contributed by atoms with Gasteiger partial charge in [-0.1, -0.05) is 35.6 Å². The number of hydrogen-bond acceptors (Lipinski definition) is 6. The molecule has 134 valence electrons. The minimum absolute atomic E-state index is 0.274. The van der Waals surface area contributed by atoms with E-state index in [2.05, 4.69) is 44.8 Å². The number of aromatic nitrogens is 2. The van der Waals surface area contributed by atoms with Gasteiger partial charge < -0.3 is 10.1 Å². The molecule has 2 heterocycles. The Kier molecular flexibility index (Phi) is 5.95. The van der Waals surface area contributed by atoms with Crippen LogP contribution in [0.15, 0.2) is 24.3 Å². The van der Waals surface area contributed by atoms with Gasteiger partial charge in [0.25, 0.3) is 0 Å². The summed E-state index contributed by atoms with van der Waals surface area (Å²) in [5.41, 5.74) is 2.32. The fraction of sp³-hybridized carbons (Fsp3) is 0.471. The fourth-order valence-electron chi connectivity index (χ4n) is 2.80. The predicted molar refractivity (Wildman–Crippen MR) is 97.6 cm³/mol. The van der Waals surface area contributed by atoms with Crippen molar-refractivity contribution in [2.24, 2.45) is 0 Å². The molecule has 1 atom stereocenters. The van der Waals surface area contributed by atoms with E-state index in [-0.39, 0.29) is 12.1 Å². The molecule has 3 rings (SSSR count). The molecule has 7 nitrogen and oxygen atoms in total. The second kappa shape index (κ2) is 8.37. The maximum Gasteiger partial charge on any atom is 0.321 e. The van der Waals surface area contributed by atoms with E-state index in [1.54, 1.807) is 0 Å². The molecule has 1 saturated heterocycles. The van der Waals surface area contributed by atoms with Crippen LogP contribution in [0.5, 0.6) is 0 Å². The van der Waals surface area contributed by atoms with Crippen LogP contribution in [0.2, 0.25) is 0 Å². The van der Waals surface area contributed by atoms with Crippen LogP contribution < -0.4 is 10.6 Å². The molecular weight excluding hydrogens is 338 g/mol. The number of urea groups is 1. The molecule has 1 aromatic carbocycles. The first kappa shape index (κ1) is 17.8. The molecule has 1 fully saturated rings. The largest absolute Gasteiger partial charge is 0.376 e. The van der Waals surface area contributed by atoms with Gasteiger partial charge in [0.05, 0.1) is 12.7 Å². The summed E-state index contributed by atoms with van der Waals surface area (Å²) in [4.78, 5) is 14.3. The van der Waals surface area contributed by atoms with Crippen LogP contribution in [0.3, 0.4) is 0 Å². The van der Waals surface area contributed by atoms with Gasteiger partial charge >= 0.3 is 6.03 Å². The summed E-state index contributed by atoms with van der Waals surface area (Å²) in [7, 11) is 0. The molecule has 0 spiro atoms. The Bertz CT molecular complexity index is 721. The number of nitrogens with one attached hydrogen (secondary N) is 2. The number of amides is 2. The Hall–Kier alpha value is -2.03. The summed E-state index contributed by atoms with van der Waals surface area (Å²) < 4.78 is 5.58. The smallest absolute Gasteiger partial charge is 0.321 e. The zero-order chi connectivity index (χ0) is 17.6. The molecule has 1 aliphatic rings. The van der Waals surface area contributed by atoms with Crippen molar-refractivity contribution in [3.63, 3.8) is 0 Å². The molecule has 0 bridgehead atoms. The normalized spacial score (nSPS) is 18.1. The maximum absolute atomic E-state index is 11.9. The van der Waals surface area contributed by atoms with Crippen LogP contribution in [0.25, 0.3) is 0 Å². The molecule has 2 aromatic rings. The van der Waals surface area contributed by atoms with Gasteiger partial charge in [-0.15, -0.1) is 10.2 Å². The lowest BCUT2D eigenvalue weighted by atomic mass is 10.1. The van der Waals surface area contributed by atoms with Crippen LogP contribution in [0.1, 0.15) is 23.1 Å². The van der Waals surface area contributed by atoms with Gasteiger partial charge in [0.2, 0.25) is 5.13 Å². The number of hydrogen-bond donors (Lipinski definition) is 2. The zero-order valence-corrected chi connectivity index (χ0v) is 15.3. The fourth-order valence-corrected chi connectivity index (χ4v) is 3.39. The molecule has 1 aliphatic heterocycles. The van der Waals surface area contributed by atoms with Crippen LogP contribution in [0, 0.1) is 6.92 Å². The van der Waals surface area contributed by atoms with Gasteiger partial charge in [-0.25, -0.2) is 4.79 Å². The van der Waals surface area contributed by atoms with Gasteiger partial charge in [-0.3, -0.25) is 10.2 Å². The van der Waals surface area contributed by atoms with Gasteiger partial charge in [0.15, 0.2) is 0 Å². The van der Waals surface area contributed by atoms with Crippen molar-refractivity contribution in [1.29, 1.82) is 0 Å². The zero-order valence-electron chi connectivity index (χ0n) is 14.5. The Labute approximate surface area is 151 Å². The number of morpholine rings is 1. The van der Waals surface area contributed by atoms with Crippen molar-refractivity contribution < 1.29 is 9.53 Å². The number of carbonyl (C=O) groups is 1. The summed E-state index contributed by atoms with van der Waals surface area (Å²) in [6, 6.07) is 8.02. The van der Waals surface area contributed by atoms with E-state index in [4.69, 9.17) is 4.74 Å². The van der Waals surface area contributed by atoms with Crippen LogP contribution in [-0.2, 0) is 17.8 Å². The van der Waals surface area contributed by atoms with E-state index in [9.17, 15) is 4.79 Å². The van der Waals surface area contributed by atoms with E-state index in [1.807, 2.05) is 19.1 Å². The molecule has 2 N–H and O–H groups in total. The highest BCUT2D eigenvalue weighted by Gasteiger charge is 2.16. The third-order valence-electron chi connectivity index (χ3n) is 3.92. The average Bonchev–Trinajstić information content (AvgIpc) is 2.98. The maximum atomic E-state index is 11.9. The lowest BCUT2D eigenvalue weighted by Crippen LogP contribution is -2.40. The quantitative estimate of drug-likeness (QED) is 0.855. The predicted octanol–water partition coefficient (Wildman–Crippen LogP) is 2.39. The number of rotatable bonds is 5. The summed E-state index contributed by atoms with van der Waals surface area (Å²) >= 11 is 1.35. The number of carbonyl (C=O) groups excluding carboxylic acids is 1. The van der Waals surface area contributed by atoms with E-state index < -0.39 is 0 Å². The number of aryl methyl sites for hydroxylation is 1. The molecule has 0 aliphatic carbocycles. The standard InChI is InChI=1S/C17H23N5O2S/c1-12-10-22(6-7-24-12)11-15-5-3-4-14(8-15)9-18-16(23)19-17-21-20-13(2)25-17/h3-5,8,12H,6-7,9-11H2,1-2H3,(H2,18,19,21,23)/t12-/m0/s1. The SMILES string of the molecule is Cc1nnc(NC(=O)NCc2cccc(CN3CCO[C@@H](C)C3)c2)s1. The summed E-state index contributed by atoms with van der Waals surface area (Å²) in [5, 5.41) is 14.6. The highest BCUT2D eigenvalue weighted by atomic mass is 32.1. The van der Waals surface area contributed by atoms with Crippen molar-refractivity contribution in [2.45, 2.75) is 33.0 Å². The number of ether oxygens (including phenoxy) is 1. The highest BCUT2D eigenvalue weighted by Crippen LogP contribution is 2.14. The molecule has 8 heteroatoms. The van der Waals surface area contributed by atoms with E-state index in [0.717, 1.165) is 36.8 Å². The van der Waals surface area contributed by atoms with Crippen molar-refractivity contribution in [3.8, 4) is 0 Å². The third-order valence-corrected chi connectivity index (χ3v) is 4.68. The molecule has 25 heavy (non-hydrogen) atoms. The Morgan fingerprint density at radius 2 is 2.24 bits per heavy atom. The van der Waals surface area contributed by atoms with Crippen molar-refractivity contribution in [1.82, 2.24) is 20.4 Å². The van der Waals surface area contributed by atoms with Crippen LogP contribution >= 0.6 is 11.3 Å². The monoisotopic (exact) mass is 361 g/mol. The van der Waals surface area contributed by atoms with Gasteiger partial charge in [-0.05, 0) is 25.0 Å². The number of anilines is 1. The summed E-state index contributed by atoms with van der Waals surface area (Å²) in [5.74, 6) is 0. The summed E-state index contributed by atoms with van der Waals surface area (Å²) in [6.07, 6.45) is 0.284. The number of nitrogens with zero attached hydrogens (tertiary/aromatic N) is 3. The van der Waals surface area contributed by atoms with Gasteiger partial charge in [0.1, 0.15) is 5.01 Å². The summed E-state index contributed by atoms with van der Waals surface area (Å²) in [6.45, 7) is 8.01. The molecule has 0 radical (unpaired) electrons. The van der Waals surface area contributed by atoms with Gasteiger partial charge in [0, 0.05) is 26.2 Å². The first-order chi connectivity index (χ1) is 12.1. The molecule has 1 aromatic heterocycles. The van der Waals surface area contributed by atoms with Crippen LogP contribution in [0.4, 0.5) is 9.93 Å². The minimum Gasteiger partial charge on any atom is -0.376 e. The molecule has 2 amide bonds. The van der Waals surface area contributed by atoms with Crippen molar-refractivity contribution in [3.05, 3.63) is 40.4 Å². The van der Waals surface area contributed by atoms with E-state index >= 15 is 0 Å². The average molecular weight is 361 g/mol. The lowest BCUT2D eigenvalue weighted by molar-refractivity contribution is -0.0212. The first-order valence-electron chi connectivity index (χ1n) is 8.35. The molecular formula is C17H23N5O2S. The van der Waals surface area contributed by atoms with E-state index in [1.165, 1.54) is 16.9 Å². The minimum atomic E-state index is -0.274. The first-order valence-corrected chi connectivity index (χ1v) is 9.17. The topological polar surface area (TPSA) is 79.4 Å².